The van der Waals surface area contributed by atoms with E-state index in [4.69, 9.17) is 0 Å². The van der Waals surface area contributed by atoms with E-state index < -0.39 is 0 Å². The Balaban J connectivity index is 1.73. The van der Waals surface area contributed by atoms with Crippen LogP contribution in [0.3, 0.4) is 0 Å². The molecule has 0 spiro atoms. The van der Waals surface area contributed by atoms with Crippen LogP contribution in [-0.4, -0.2) is 24.1 Å². The molecule has 1 aromatic heterocycles. The molecular weight excluding hydrogens is 186 g/mol. The van der Waals surface area contributed by atoms with Crippen LogP contribution >= 0.6 is 0 Å². The lowest BCUT2D eigenvalue weighted by atomic mass is 10.0. The van der Waals surface area contributed by atoms with Gasteiger partial charge in [-0.2, -0.15) is 0 Å². The maximum absolute atomic E-state index is 3.56. The molecule has 3 N–H and O–H groups in total. The number of hydrogen-bond acceptors (Lipinski definition) is 2. The molecular formula is C12H21N3. The van der Waals surface area contributed by atoms with Crippen LogP contribution in [0.25, 0.3) is 0 Å². The topological polar surface area (TPSA) is 39.8 Å². The summed E-state index contributed by atoms with van der Waals surface area (Å²) in [4.78, 5) is 3.24. The largest absolute Gasteiger partial charge is 0.364 e. The Morgan fingerprint density at radius 3 is 3.13 bits per heavy atom. The van der Waals surface area contributed by atoms with Crippen LogP contribution in [-0.2, 0) is 0 Å². The van der Waals surface area contributed by atoms with Gasteiger partial charge in [0, 0.05) is 30.5 Å². The van der Waals surface area contributed by atoms with Crippen molar-refractivity contribution in [1.82, 2.24) is 15.6 Å². The minimum atomic E-state index is 0.420. The van der Waals surface area contributed by atoms with Gasteiger partial charge in [-0.1, -0.05) is 6.42 Å². The van der Waals surface area contributed by atoms with Gasteiger partial charge >= 0.3 is 0 Å². The fraction of sp³-hybridized carbons (Fsp3) is 0.667. The average Bonchev–Trinajstić information content (AvgIpc) is 2.81. The number of hydrogen-bond donors (Lipinski definition) is 3. The molecule has 0 amide bonds. The van der Waals surface area contributed by atoms with Gasteiger partial charge < -0.3 is 15.6 Å². The molecule has 3 nitrogen and oxygen atoms in total. The Kier molecular flexibility index (Phi) is 3.80. The van der Waals surface area contributed by atoms with Gasteiger partial charge in [0.2, 0.25) is 0 Å². The Morgan fingerprint density at radius 2 is 2.47 bits per heavy atom. The maximum Gasteiger partial charge on any atom is 0.0444 e. The van der Waals surface area contributed by atoms with Gasteiger partial charge in [0.25, 0.3) is 0 Å². The van der Waals surface area contributed by atoms with E-state index in [0.717, 1.165) is 6.54 Å². The molecule has 2 heterocycles. The van der Waals surface area contributed by atoms with Crippen LogP contribution in [0.2, 0.25) is 0 Å². The minimum Gasteiger partial charge on any atom is -0.364 e. The summed E-state index contributed by atoms with van der Waals surface area (Å²) in [6.45, 7) is 4.46. The molecule has 15 heavy (non-hydrogen) atoms. The van der Waals surface area contributed by atoms with Crippen molar-refractivity contribution in [3.63, 3.8) is 0 Å². The highest BCUT2D eigenvalue weighted by atomic mass is 15.0. The third kappa shape index (κ3) is 3.08. The molecule has 1 saturated heterocycles. The van der Waals surface area contributed by atoms with Crippen molar-refractivity contribution in [3.05, 3.63) is 24.0 Å². The van der Waals surface area contributed by atoms with E-state index in [1.807, 2.05) is 12.3 Å². The third-order valence-electron chi connectivity index (χ3n) is 3.17. The number of aromatic nitrogens is 1. The highest BCUT2D eigenvalue weighted by Crippen LogP contribution is 2.10. The Morgan fingerprint density at radius 1 is 1.53 bits per heavy atom. The molecule has 0 radical (unpaired) electrons. The first-order valence-corrected chi connectivity index (χ1v) is 5.96. The highest BCUT2D eigenvalue weighted by molar-refractivity contribution is 5.07. The zero-order valence-electron chi connectivity index (χ0n) is 9.42. The summed E-state index contributed by atoms with van der Waals surface area (Å²) in [5, 5.41) is 7.11. The lowest BCUT2D eigenvalue weighted by Crippen LogP contribution is -2.42. The van der Waals surface area contributed by atoms with E-state index in [2.05, 4.69) is 28.6 Å². The fourth-order valence-corrected chi connectivity index (χ4v) is 2.14. The summed E-state index contributed by atoms with van der Waals surface area (Å²) in [6.07, 6.45) is 6.00. The molecule has 2 rings (SSSR count). The van der Waals surface area contributed by atoms with Crippen molar-refractivity contribution in [3.8, 4) is 0 Å². The summed E-state index contributed by atoms with van der Waals surface area (Å²) < 4.78 is 0. The molecule has 1 aliphatic heterocycles. The van der Waals surface area contributed by atoms with Crippen molar-refractivity contribution in [2.75, 3.05) is 13.1 Å². The van der Waals surface area contributed by atoms with Crippen molar-refractivity contribution in [2.45, 2.75) is 38.3 Å². The SMILES string of the molecule is C[C@H](NC[C@H]1CCCCN1)c1ccc[nH]1. The maximum atomic E-state index is 3.56. The Bertz CT molecular complexity index is 262. The number of rotatable bonds is 4. The first-order valence-electron chi connectivity index (χ1n) is 5.96. The summed E-state index contributed by atoms with van der Waals surface area (Å²) in [5.74, 6) is 0. The van der Waals surface area contributed by atoms with E-state index in [1.165, 1.54) is 31.5 Å². The predicted molar refractivity (Wildman–Crippen MR) is 62.9 cm³/mol. The monoisotopic (exact) mass is 207 g/mol. The summed E-state index contributed by atoms with van der Waals surface area (Å²) >= 11 is 0. The van der Waals surface area contributed by atoms with E-state index in [1.54, 1.807) is 0 Å². The zero-order valence-corrected chi connectivity index (χ0v) is 9.42. The second-order valence-electron chi connectivity index (χ2n) is 4.40. The normalized spacial score (nSPS) is 23.9. The molecule has 1 aliphatic rings. The number of aromatic amines is 1. The number of nitrogens with one attached hydrogen (secondary N) is 3. The fourth-order valence-electron chi connectivity index (χ4n) is 2.14. The van der Waals surface area contributed by atoms with Crippen molar-refractivity contribution >= 4 is 0 Å². The molecule has 84 valence electrons. The van der Waals surface area contributed by atoms with Crippen LogP contribution in [0.15, 0.2) is 18.3 Å². The molecule has 0 unspecified atom stereocenters. The van der Waals surface area contributed by atoms with Gasteiger partial charge in [0.15, 0.2) is 0 Å². The first-order chi connectivity index (χ1) is 7.36. The lowest BCUT2D eigenvalue weighted by molar-refractivity contribution is 0.370. The van der Waals surface area contributed by atoms with E-state index in [0.29, 0.717) is 12.1 Å². The second-order valence-corrected chi connectivity index (χ2v) is 4.40. The zero-order chi connectivity index (χ0) is 10.5. The summed E-state index contributed by atoms with van der Waals surface area (Å²) in [6, 6.07) is 5.26. The molecule has 0 bridgehead atoms. The Labute approximate surface area is 91.7 Å². The van der Waals surface area contributed by atoms with Crippen LogP contribution < -0.4 is 10.6 Å². The van der Waals surface area contributed by atoms with Gasteiger partial charge in [0.05, 0.1) is 0 Å². The van der Waals surface area contributed by atoms with Gasteiger partial charge in [-0.05, 0) is 38.4 Å². The van der Waals surface area contributed by atoms with E-state index in [9.17, 15) is 0 Å². The molecule has 0 aliphatic carbocycles. The second kappa shape index (κ2) is 5.33. The first kappa shape index (κ1) is 10.7. The molecule has 1 fully saturated rings. The van der Waals surface area contributed by atoms with Crippen molar-refractivity contribution < 1.29 is 0 Å². The molecule has 0 aromatic carbocycles. The van der Waals surface area contributed by atoms with E-state index >= 15 is 0 Å². The molecule has 3 heteroatoms. The van der Waals surface area contributed by atoms with Gasteiger partial charge in [-0.15, -0.1) is 0 Å². The molecule has 1 aromatic rings. The number of H-pyrrole nitrogens is 1. The third-order valence-corrected chi connectivity index (χ3v) is 3.17. The van der Waals surface area contributed by atoms with Crippen LogP contribution in [0.4, 0.5) is 0 Å². The van der Waals surface area contributed by atoms with Gasteiger partial charge in [-0.25, -0.2) is 0 Å². The number of piperidine rings is 1. The molecule has 0 saturated carbocycles. The van der Waals surface area contributed by atoms with E-state index in [-0.39, 0.29) is 0 Å². The van der Waals surface area contributed by atoms with Crippen LogP contribution in [0.5, 0.6) is 0 Å². The average molecular weight is 207 g/mol. The highest BCUT2D eigenvalue weighted by Gasteiger charge is 2.13. The van der Waals surface area contributed by atoms with Crippen LogP contribution in [0.1, 0.15) is 37.9 Å². The lowest BCUT2D eigenvalue weighted by Gasteiger charge is -2.25. The standard InChI is InChI=1S/C12H21N3/c1-10(12-6-4-8-14-12)15-9-11-5-2-3-7-13-11/h4,6,8,10-11,13-15H,2-3,5,7,9H2,1H3/t10-,11+/m0/s1. The van der Waals surface area contributed by atoms with Crippen molar-refractivity contribution in [1.29, 1.82) is 0 Å². The minimum absolute atomic E-state index is 0.420. The smallest absolute Gasteiger partial charge is 0.0444 e. The summed E-state index contributed by atoms with van der Waals surface area (Å²) in [5.41, 5.74) is 1.27. The van der Waals surface area contributed by atoms with Gasteiger partial charge in [0.1, 0.15) is 0 Å². The molecule has 2 atom stereocenters. The van der Waals surface area contributed by atoms with Crippen LogP contribution in [0, 0.1) is 0 Å². The van der Waals surface area contributed by atoms with Crippen molar-refractivity contribution in [2.24, 2.45) is 0 Å². The van der Waals surface area contributed by atoms with Gasteiger partial charge in [-0.3, -0.25) is 0 Å². The Hall–Kier alpha value is -0.800. The quantitative estimate of drug-likeness (QED) is 0.704. The predicted octanol–water partition coefficient (Wildman–Crippen LogP) is 1.81. The summed E-state index contributed by atoms with van der Waals surface area (Å²) in [7, 11) is 0.